The van der Waals surface area contributed by atoms with Gasteiger partial charge in [0, 0.05) is 18.8 Å². The van der Waals surface area contributed by atoms with Gasteiger partial charge in [0.25, 0.3) is 5.91 Å². The minimum Gasteiger partial charge on any atom is -0.367 e. The van der Waals surface area contributed by atoms with Gasteiger partial charge in [-0.2, -0.15) is 5.10 Å². The number of pyridine rings is 1. The number of nitrogens with zero attached hydrogens (tertiary/aromatic N) is 5. The molecule has 8 nitrogen and oxygen atoms in total. The van der Waals surface area contributed by atoms with Crippen LogP contribution >= 0.6 is 23.4 Å². The van der Waals surface area contributed by atoms with Gasteiger partial charge in [0.2, 0.25) is 0 Å². The molecule has 0 saturated carbocycles. The van der Waals surface area contributed by atoms with Gasteiger partial charge in [-0.1, -0.05) is 30.3 Å². The number of amides is 1. The molecule has 3 aromatic heterocycles. The molecule has 0 aliphatic rings. The van der Waals surface area contributed by atoms with E-state index in [-0.39, 0.29) is 17.1 Å². The molecular formula is C18H22ClN7OS. The van der Waals surface area contributed by atoms with Crippen LogP contribution in [-0.2, 0) is 6.54 Å². The first-order chi connectivity index (χ1) is 13.5. The van der Waals surface area contributed by atoms with Gasteiger partial charge in [-0.25, -0.2) is 19.6 Å². The van der Waals surface area contributed by atoms with Crippen molar-refractivity contribution in [3.05, 3.63) is 35.2 Å². The quantitative estimate of drug-likeness (QED) is 0.328. The van der Waals surface area contributed by atoms with Gasteiger partial charge in [0.1, 0.15) is 11.0 Å². The van der Waals surface area contributed by atoms with Crippen molar-refractivity contribution in [3.8, 4) is 0 Å². The van der Waals surface area contributed by atoms with Crippen molar-refractivity contribution in [2.45, 2.75) is 38.5 Å². The largest absolute Gasteiger partial charge is 0.367 e. The van der Waals surface area contributed by atoms with Gasteiger partial charge in [-0.05, 0) is 31.7 Å². The van der Waals surface area contributed by atoms with Crippen molar-refractivity contribution in [3.63, 3.8) is 0 Å². The van der Waals surface area contributed by atoms with Crippen molar-refractivity contribution in [2.75, 3.05) is 17.6 Å². The molecule has 0 aromatic carbocycles. The fourth-order valence-corrected chi connectivity index (χ4v) is 3.37. The maximum absolute atomic E-state index is 12.3. The SMILES string of the molecule is CCSc1nc(NC(C)C)c2cnn(CCNC(=O)c3cccnc3Cl)c2n1. The number of aromatic nitrogens is 5. The second kappa shape index (κ2) is 9.20. The monoisotopic (exact) mass is 419 g/mol. The van der Waals surface area contributed by atoms with Crippen molar-refractivity contribution in [1.82, 2.24) is 30.0 Å². The van der Waals surface area contributed by atoms with E-state index in [1.807, 2.05) is 0 Å². The molecule has 0 radical (unpaired) electrons. The van der Waals surface area contributed by atoms with Crippen LogP contribution in [0.1, 0.15) is 31.1 Å². The van der Waals surface area contributed by atoms with Crippen molar-refractivity contribution < 1.29 is 4.79 Å². The van der Waals surface area contributed by atoms with E-state index < -0.39 is 0 Å². The molecule has 3 aromatic rings. The van der Waals surface area contributed by atoms with Crippen LogP contribution < -0.4 is 10.6 Å². The number of anilines is 1. The fraction of sp³-hybridized carbons (Fsp3) is 0.389. The molecule has 148 valence electrons. The zero-order chi connectivity index (χ0) is 20.1. The average Bonchev–Trinajstić information content (AvgIpc) is 3.05. The van der Waals surface area contributed by atoms with Gasteiger partial charge in [-0.15, -0.1) is 0 Å². The number of thioether (sulfide) groups is 1. The van der Waals surface area contributed by atoms with Crippen LogP contribution in [-0.4, -0.2) is 49.0 Å². The Labute approximate surface area is 172 Å². The molecule has 0 spiro atoms. The van der Waals surface area contributed by atoms with E-state index in [0.717, 1.165) is 22.6 Å². The van der Waals surface area contributed by atoms with E-state index >= 15 is 0 Å². The van der Waals surface area contributed by atoms with Crippen molar-refractivity contribution in [1.29, 1.82) is 0 Å². The van der Waals surface area contributed by atoms with Crippen LogP contribution in [0.5, 0.6) is 0 Å². The van der Waals surface area contributed by atoms with Crippen LogP contribution in [0.15, 0.2) is 29.7 Å². The predicted octanol–water partition coefficient (Wildman–Crippen LogP) is 3.24. The van der Waals surface area contributed by atoms with E-state index in [1.54, 1.807) is 41.0 Å². The van der Waals surface area contributed by atoms with Crippen molar-refractivity contribution >= 4 is 46.1 Å². The summed E-state index contributed by atoms with van der Waals surface area (Å²) in [4.78, 5) is 25.4. The lowest BCUT2D eigenvalue weighted by molar-refractivity contribution is 0.0952. The number of hydrogen-bond donors (Lipinski definition) is 2. The summed E-state index contributed by atoms with van der Waals surface area (Å²) in [5.74, 6) is 1.38. The molecule has 28 heavy (non-hydrogen) atoms. The van der Waals surface area contributed by atoms with Gasteiger partial charge in [0.05, 0.1) is 23.7 Å². The number of rotatable bonds is 8. The summed E-state index contributed by atoms with van der Waals surface area (Å²) in [6, 6.07) is 3.55. The molecule has 0 bridgehead atoms. The minimum atomic E-state index is -0.270. The Morgan fingerprint density at radius 3 is 2.89 bits per heavy atom. The Balaban J connectivity index is 1.77. The highest BCUT2D eigenvalue weighted by atomic mass is 35.5. The lowest BCUT2D eigenvalue weighted by Crippen LogP contribution is -2.28. The Kier molecular flexibility index (Phi) is 6.69. The second-order valence-corrected chi connectivity index (χ2v) is 7.88. The standard InChI is InChI=1S/C18H22ClN7OS/c1-4-28-18-24-15(23-11(2)3)13-10-22-26(16(13)25-18)9-8-21-17(27)12-6-5-7-20-14(12)19/h5-7,10-11H,4,8-9H2,1-3H3,(H,21,27)(H,23,24,25). The van der Waals surface area contributed by atoms with E-state index in [0.29, 0.717) is 23.8 Å². The first-order valence-electron chi connectivity index (χ1n) is 9.01. The van der Waals surface area contributed by atoms with E-state index in [4.69, 9.17) is 11.6 Å². The zero-order valence-corrected chi connectivity index (χ0v) is 17.5. The highest BCUT2D eigenvalue weighted by molar-refractivity contribution is 7.99. The van der Waals surface area contributed by atoms with Crippen LogP contribution in [0.25, 0.3) is 11.0 Å². The molecule has 1 amide bonds. The lowest BCUT2D eigenvalue weighted by Gasteiger charge is -2.12. The summed E-state index contributed by atoms with van der Waals surface area (Å²) in [7, 11) is 0. The molecule has 3 rings (SSSR count). The molecule has 0 fully saturated rings. The Bertz CT molecular complexity index is 976. The fourth-order valence-electron chi connectivity index (χ4n) is 2.60. The molecule has 0 atom stereocenters. The second-order valence-electron chi connectivity index (χ2n) is 6.29. The smallest absolute Gasteiger partial charge is 0.254 e. The number of carbonyl (C=O) groups excluding carboxylic acids is 1. The first-order valence-corrected chi connectivity index (χ1v) is 10.4. The molecule has 10 heteroatoms. The predicted molar refractivity (Wildman–Crippen MR) is 112 cm³/mol. The molecule has 0 saturated heterocycles. The third-order valence-electron chi connectivity index (χ3n) is 3.79. The summed E-state index contributed by atoms with van der Waals surface area (Å²) in [5.41, 5.74) is 1.09. The van der Waals surface area contributed by atoms with Crippen LogP contribution in [0.4, 0.5) is 5.82 Å². The summed E-state index contributed by atoms with van der Waals surface area (Å²) >= 11 is 7.54. The summed E-state index contributed by atoms with van der Waals surface area (Å²) in [6.07, 6.45) is 3.30. The molecule has 0 unspecified atom stereocenters. The summed E-state index contributed by atoms with van der Waals surface area (Å²) in [6.45, 7) is 7.04. The molecule has 2 N–H and O–H groups in total. The first kappa shape index (κ1) is 20.3. The molecule has 3 heterocycles. The van der Waals surface area contributed by atoms with Gasteiger partial charge < -0.3 is 10.6 Å². The maximum atomic E-state index is 12.3. The third kappa shape index (κ3) is 4.71. The highest BCUT2D eigenvalue weighted by Gasteiger charge is 2.15. The topological polar surface area (TPSA) is 97.6 Å². The van der Waals surface area contributed by atoms with Gasteiger partial charge in [0.15, 0.2) is 10.8 Å². The number of fused-ring (bicyclic) bond motifs is 1. The van der Waals surface area contributed by atoms with Gasteiger partial charge in [-0.3, -0.25) is 4.79 Å². The van der Waals surface area contributed by atoms with E-state index in [1.165, 1.54) is 0 Å². The van der Waals surface area contributed by atoms with E-state index in [2.05, 4.69) is 51.5 Å². The van der Waals surface area contributed by atoms with Crippen LogP contribution in [0.2, 0.25) is 5.15 Å². The lowest BCUT2D eigenvalue weighted by atomic mass is 10.2. The zero-order valence-electron chi connectivity index (χ0n) is 15.9. The maximum Gasteiger partial charge on any atom is 0.254 e. The molecular weight excluding hydrogens is 398 g/mol. The normalized spacial score (nSPS) is 11.2. The number of halogens is 1. The third-order valence-corrected chi connectivity index (χ3v) is 4.82. The average molecular weight is 420 g/mol. The van der Waals surface area contributed by atoms with Crippen LogP contribution in [0.3, 0.4) is 0 Å². The Morgan fingerprint density at radius 2 is 2.18 bits per heavy atom. The Morgan fingerprint density at radius 1 is 1.36 bits per heavy atom. The summed E-state index contributed by atoms with van der Waals surface area (Å²) < 4.78 is 1.77. The van der Waals surface area contributed by atoms with Gasteiger partial charge >= 0.3 is 0 Å². The number of nitrogens with one attached hydrogen (secondary N) is 2. The molecule has 0 aliphatic carbocycles. The number of carbonyl (C=O) groups is 1. The molecule has 0 aliphatic heterocycles. The minimum absolute atomic E-state index is 0.183. The summed E-state index contributed by atoms with van der Waals surface area (Å²) in [5, 5.41) is 12.4. The van der Waals surface area contributed by atoms with Crippen molar-refractivity contribution in [2.24, 2.45) is 0 Å². The Hall–Kier alpha value is -2.39. The van der Waals surface area contributed by atoms with E-state index in [9.17, 15) is 4.79 Å². The number of hydrogen-bond acceptors (Lipinski definition) is 7. The highest BCUT2D eigenvalue weighted by Crippen LogP contribution is 2.24. The van der Waals surface area contributed by atoms with Crippen LogP contribution in [0, 0.1) is 0 Å².